The van der Waals surface area contributed by atoms with Gasteiger partial charge < -0.3 is 9.88 Å². The number of aryl methyl sites for hydroxylation is 1. The van der Waals surface area contributed by atoms with Gasteiger partial charge in [0.15, 0.2) is 0 Å². The normalized spacial score (nSPS) is 11.0. The van der Waals surface area contributed by atoms with Crippen molar-refractivity contribution in [1.29, 1.82) is 0 Å². The number of halogens is 1. The van der Waals surface area contributed by atoms with Crippen LogP contribution in [0.4, 0.5) is 10.3 Å². The van der Waals surface area contributed by atoms with Gasteiger partial charge in [0, 0.05) is 30.4 Å². The molecule has 2 aromatic carbocycles. The summed E-state index contributed by atoms with van der Waals surface area (Å²) < 4.78 is 15.6. The molecule has 0 aliphatic rings. The lowest BCUT2D eigenvalue weighted by Gasteiger charge is -2.08. The number of fused-ring (bicyclic) bond motifs is 1. The standard InChI is InChI=1S/C20H18FN5/c21-17-7-3-6-16(13-17)18-14-23-25-20(24-18)22-10-4-11-26-12-9-15-5-1-2-8-19(15)26/h1-3,5-9,12-14H,4,10-11H2,(H,22,24,25). The Hall–Kier alpha value is -3.28. The Balaban J connectivity index is 1.37. The van der Waals surface area contributed by atoms with Crippen LogP contribution in [-0.2, 0) is 6.54 Å². The van der Waals surface area contributed by atoms with Crippen LogP contribution < -0.4 is 5.32 Å². The van der Waals surface area contributed by atoms with Gasteiger partial charge in [0.1, 0.15) is 5.82 Å². The third-order valence-electron chi connectivity index (χ3n) is 4.22. The average Bonchev–Trinajstić information content (AvgIpc) is 3.09. The minimum atomic E-state index is -0.297. The number of hydrogen-bond acceptors (Lipinski definition) is 4. The summed E-state index contributed by atoms with van der Waals surface area (Å²) >= 11 is 0. The zero-order chi connectivity index (χ0) is 17.8. The van der Waals surface area contributed by atoms with Gasteiger partial charge in [-0.2, -0.15) is 5.10 Å². The molecular weight excluding hydrogens is 329 g/mol. The number of aromatic nitrogens is 4. The Bertz CT molecular complexity index is 1030. The first kappa shape index (κ1) is 16.2. The molecule has 0 spiro atoms. The lowest BCUT2D eigenvalue weighted by molar-refractivity contribution is 0.628. The average molecular weight is 347 g/mol. The molecule has 0 aliphatic heterocycles. The molecule has 6 heteroatoms. The highest BCUT2D eigenvalue weighted by Gasteiger charge is 2.05. The van der Waals surface area contributed by atoms with E-state index in [1.807, 2.05) is 6.07 Å². The molecule has 0 saturated carbocycles. The second kappa shape index (κ2) is 7.31. The van der Waals surface area contributed by atoms with Gasteiger partial charge in [-0.1, -0.05) is 30.3 Å². The quantitative estimate of drug-likeness (QED) is 0.533. The van der Waals surface area contributed by atoms with Crippen LogP contribution in [0.2, 0.25) is 0 Å². The highest BCUT2D eigenvalue weighted by molar-refractivity contribution is 5.79. The molecule has 26 heavy (non-hydrogen) atoms. The van der Waals surface area contributed by atoms with Crippen molar-refractivity contribution in [3.8, 4) is 11.3 Å². The SMILES string of the molecule is Fc1cccc(-c2cnnc(NCCCn3ccc4ccccc43)n2)c1. The maximum Gasteiger partial charge on any atom is 0.243 e. The van der Waals surface area contributed by atoms with Crippen LogP contribution in [0, 0.1) is 5.82 Å². The van der Waals surface area contributed by atoms with Crippen molar-refractivity contribution in [2.45, 2.75) is 13.0 Å². The van der Waals surface area contributed by atoms with Crippen LogP contribution in [0.25, 0.3) is 22.2 Å². The number of anilines is 1. The zero-order valence-electron chi connectivity index (χ0n) is 14.1. The Kier molecular flexibility index (Phi) is 4.55. The Morgan fingerprint density at radius 2 is 1.96 bits per heavy atom. The van der Waals surface area contributed by atoms with Gasteiger partial charge in [-0.25, -0.2) is 9.37 Å². The van der Waals surface area contributed by atoms with E-state index in [4.69, 9.17) is 0 Å². The number of nitrogens with zero attached hydrogens (tertiary/aromatic N) is 4. The van der Waals surface area contributed by atoms with Crippen LogP contribution in [0.3, 0.4) is 0 Å². The third-order valence-corrected chi connectivity index (χ3v) is 4.22. The van der Waals surface area contributed by atoms with Crippen LogP contribution in [0.5, 0.6) is 0 Å². The van der Waals surface area contributed by atoms with E-state index in [2.05, 4.69) is 55.5 Å². The van der Waals surface area contributed by atoms with Crippen molar-refractivity contribution in [2.24, 2.45) is 0 Å². The summed E-state index contributed by atoms with van der Waals surface area (Å²) in [7, 11) is 0. The molecule has 0 saturated heterocycles. The molecule has 5 nitrogen and oxygen atoms in total. The van der Waals surface area contributed by atoms with Crippen molar-refractivity contribution in [3.05, 3.63) is 72.8 Å². The number of hydrogen-bond donors (Lipinski definition) is 1. The predicted molar refractivity (Wildman–Crippen MR) is 100 cm³/mol. The Morgan fingerprint density at radius 3 is 2.88 bits per heavy atom. The number of nitrogens with one attached hydrogen (secondary N) is 1. The van der Waals surface area contributed by atoms with E-state index >= 15 is 0 Å². The van der Waals surface area contributed by atoms with Crippen LogP contribution in [0.15, 0.2) is 67.0 Å². The molecule has 0 atom stereocenters. The Labute approximate surface area is 150 Å². The summed E-state index contributed by atoms with van der Waals surface area (Å²) in [5.74, 6) is 0.152. The first-order chi connectivity index (χ1) is 12.8. The molecule has 2 aromatic heterocycles. The predicted octanol–water partition coefficient (Wildman–Crippen LogP) is 4.13. The van der Waals surface area contributed by atoms with Gasteiger partial charge in [-0.3, -0.25) is 0 Å². The lowest BCUT2D eigenvalue weighted by Crippen LogP contribution is -2.09. The molecular formula is C20H18FN5. The monoisotopic (exact) mass is 347 g/mol. The van der Waals surface area contributed by atoms with E-state index < -0.39 is 0 Å². The van der Waals surface area contributed by atoms with Crippen LogP contribution in [-0.4, -0.2) is 26.3 Å². The molecule has 0 fully saturated rings. The van der Waals surface area contributed by atoms with Crippen molar-refractivity contribution in [3.63, 3.8) is 0 Å². The summed E-state index contributed by atoms with van der Waals surface area (Å²) in [6.07, 6.45) is 4.56. The summed E-state index contributed by atoms with van der Waals surface area (Å²) in [4.78, 5) is 4.41. The van der Waals surface area contributed by atoms with Gasteiger partial charge in [0.2, 0.25) is 5.95 Å². The third kappa shape index (κ3) is 3.54. The first-order valence-corrected chi connectivity index (χ1v) is 8.53. The summed E-state index contributed by atoms with van der Waals surface area (Å²) in [5.41, 5.74) is 2.51. The highest BCUT2D eigenvalue weighted by Crippen LogP contribution is 2.18. The molecule has 0 bridgehead atoms. The fourth-order valence-electron chi connectivity index (χ4n) is 2.95. The summed E-state index contributed by atoms with van der Waals surface area (Å²) in [6, 6.07) is 16.7. The Morgan fingerprint density at radius 1 is 1.04 bits per heavy atom. The van der Waals surface area contributed by atoms with E-state index in [1.165, 1.54) is 29.2 Å². The molecule has 0 amide bonds. The number of benzene rings is 2. The molecule has 0 unspecified atom stereocenters. The minimum absolute atomic E-state index is 0.297. The molecule has 130 valence electrons. The van der Waals surface area contributed by atoms with Gasteiger partial charge >= 0.3 is 0 Å². The molecule has 0 radical (unpaired) electrons. The largest absolute Gasteiger partial charge is 0.353 e. The van der Waals surface area contributed by atoms with Crippen LogP contribution in [0.1, 0.15) is 6.42 Å². The minimum Gasteiger partial charge on any atom is -0.353 e. The van der Waals surface area contributed by atoms with E-state index in [-0.39, 0.29) is 5.82 Å². The van der Waals surface area contributed by atoms with Gasteiger partial charge in [-0.05, 0) is 36.1 Å². The summed E-state index contributed by atoms with van der Waals surface area (Å²) in [5, 5.41) is 12.4. The van der Waals surface area contributed by atoms with E-state index in [0.717, 1.165) is 19.5 Å². The topological polar surface area (TPSA) is 55.6 Å². The summed E-state index contributed by atoms with van der Waals surface area (Å²) in [6.45, 7) is 1.62. The fourth-order valence-corrected chi connectivity index (χ4v) is 2.95. The van der Waals surface area contributed by atoms with Crippen molar-refractivity contribution >= 4 is 16.9 Å². The van der Waals surface area contributed by atoms with Crippen molar-refractivity contribution in [1.82, 2.24) is 19.7 Å². The van der Waals surface area contributed by atoms with Crippen molar-refractivity contribution < 1.29 is 4.39 Å². The number of rotatable bonds is 6. The molecule has 1 N–H and O–H groups in total. The van der Waals surface area contributed by atoms with Crippen molar-refractivity contribution in [2.75, 3.05) is 11.9 Å². The van der Waals surface area contributed by atoms with E-state index in [9.17, 15) is 4.39 Å². The van der Waals surface area contributed by atoms with Gasteiger partial charge in [0.05, 0.1) is 11.9 Å². The van der Waals surface area contributed by atoms with Gasteiger partial charge in [-0.15, -0.1) is 5.10 Å². The number of para-hydroxylation sites is 1. The van der Waals surface area contributed by atoms with E-state index in [0.29, 0.717) is 17.2 Å². The molecule has 0 aliphatic carbocycles. The van der Waals surface area contributed by atoms with E-state index in [1.54, 1.807) is 12.1 Å². The maximum atomic E-state index is 13.4. The van der Waals surface area contributed by atoms with Crippen LogP contribution >= 0.6 is 0 Å². The highest BCUT2D eigenvalue weighted by atomic mass is 19.1. The second-order valence-electron chi connectivity index (χ2n) is 6.02. The molecule has 4 rings (SSSR count). The zero-order valence-corrected chi connectivity index (χ0v) is 14.1. The maximum absolute atomic E-state index is 13.4. The molecule has 2 heterocycles. The smallest absolute Gasteiger partial charge is 0.243 e. The molecule has 4 aromatic rings. The first-order valence-electron chi connectivity index (χ1n) is 8.53. The fraction of sp³-hybridized carbons (Fsp3) is 0.150. The van der Waals surface area contributed by atoms with Gasteiger partial charge in [0.25, 0.3) is 0 Å². The second-order valence-corrected chi connectivity index (χ2v) is 6.02. The lowest BCUT2D eigenvalue weighted by atomic mass is 10.2.